The van der Waals surface area contributed by atoms with E-state index in [1.807, 2.05) is 31.2 Å². The number of hydrogen-bond acceptors (Lipinski definition) is 1. The fourth-order valence-corrected chi connectivity index (χ4v) is 2.77. The summed E-state index contributed by atoms with van der Waals surface area (Å²) < 4.78 is 28.1. The van der Waals surface area contributed by atoms with E-state index in [1.54, 1.807) is 0 Å². The number of aryl methyl sites for hydroxylation is 1. The summed E-state index contributed by atoms with van der Waals surface area (Å²) in [4.78, 5) is 0. The average molecular weight is 355 g/mol. The van der Waals surface area contributed by atoms with E-state index in [1.165, 1.54) is 12.1 Å². The summed E-state index contributed by atoms with van der Waals surface area (Å²) in [5, 5.41) is 9.53. The molecule has 21 heavy (non-hydrogen) atoms. The highest BCUT2D eigenvalue weighted by Crippen LogP contribution is 2.25. The second-order valence-electron chi connectivity index (χ2n) is 5.21. The van der Waals surface area contributed by atoms with Gasteiger partial charge in [-0.3, -0.25) is 0 Å². The predicted molar refractivity (Wildman–Crippen MR) is 83.2 cm³/mol. The summed E-state index contributed by atoms with van der Waals surface area (Å²) in [6, 6.07) is 10.4. The first-order valence-electron chi connectivity index (χ1n) is 6.80. The van der Waals surface area contributed by atoms with E-state index in [0.29, 0.717) is 6.42 Å². The average Bonchev–Trinajstić information content (AvgIpc) is 2.48. The standard InChI is InChI=1S/C17H17BrF2O/c1-11-4-2-3-5-13(11)8-12(10-21)9-14-16(19)7-6-15(18)17(14)20/h2-7,12,21H,8-10H2,1H3. The van der Waals surface area contributed by atoms with Crippen molar-refractivity contribution >= 4 is 15.9 Å². The van der Waals surface area contributed by atoms with Crippen molar-refractivity contribution in [1.29, 1.82) is 0 Å². The smallest absolute Gasteiger partial charge is 0.143 e. The van der Waals surface area contributed by atoms with Crippen molar-refractivity contribution in [1.82, 2.24) is 0 Å². The van der Waals surface area contributed by atoms with Gasteiger partial charge < -0.3 is 5.11 Å². The van der Waals surface area contributed by atoms with Gasteiger partial charge in [0.25, 0.3) is 0 Å². The first kappa shape index (κ1) is 16.1. The molecule has 0 saturated heterocycles. The number of rotatable bonds is 5. The van der Waals surface area contributed by atoms with Crippen LogP contribution in [-0.2, 0) is 12.8 Å². The monoisotopic (exact) mass is 354 g/mol. The number of hydrogen-bond donors (Lipinski definition) is 1. The molecule has 0 aliphatic heterocycles. The van der Waals surface area contributed by atoms with Gasteiger partial charge in [0, 0.05) is 12.2 Å². The molecule has 2 aromatic carbocycles. The summed E-state index contributed by atoms with van der Waals surface area (Å²) in [7, 11) is 0. The molecular formula is C17H17BrF2O. The van der Waals surface area contributed by atoms with Gasteiger partial charge in [0.1, 0.15) is 11.6 Å². The molecule has 0 spiro atoms. The van der Waals surface area contributed by atoms with Gasteiger partial charge in [0.2, 0.25) is 0 Å². The summed E-state index contributed by atoms with van der Waals surface area (Å²) in [5.41, 5.74) is 2.23. The molecule has 0 radical (unpaired) electrons. The molecule has 0 aliphatic carbocycles. The summed E-state index contributed by atoms with van der Waals surface area (Å²) in [5.74, 6) is -1.37. The minimum Gasteiger partial charge on any atom is -0.396 e. The molecule has 1 N–H and O–H groups in total. The van der Waals surface area contributed by atoms with Crippen LogP contribution in [0, 0.1) is 24.5 Å². The zero-order valence-corrected chi connectivity index (χ0v) is 13.3. The third kappa shape index (κ3) is 3.89. The highest BCUT2D eigenvalue weighted by molar-refractivity contribution is 9.10. The highest BCUT2D eigenvalue weighted by Gasteiger charge is 2.18. The zero-order chi connectivity index (χ0) is 15.4. The second-order valence-corrected chi connectivity index (χ2v) is 6.06. The molecule has 2 rings (SSSR count). The third-order valence-corrected chi connectivity index (χ3v) is 4.27. The number of halogens is 3. The lowest BCUT2D eigenvalue weighted by Crippen LogP contribution is -2.15. The predicted octanol–water partition coefficient (Wildman–Crippen LogP) is 4.43. The molecular weight excluding hydrogens is 338 g/mol. The molecule has 2 aromatic rings. The van der Waals surface area contributed by atoms with E-state index in [0.717, 1.165) is 11.1 Å². The summed E-state index contributed by atoms with van der Waals surface area (Å²) >= 11 is 3.07. The maximum absolute atomic E-state index is 14.0. The lowest BCUT2D eigenvalue weighted by molar-refractivity contribution is 0.223. The van der Waals surface area contributed by atoms with Crippen molar-refractivity contribution in [3.8, 4) is 0 Å². The maximum atomic E-state index is 14.0. The van der Waals surface area contributed by atoms with Gasteiger partial charge in [0.15, 0.2) is 0 Å². The van der Waals surface area contributed by atoms with Crippen molar-refractivity contribution in [2.75, 3.05) is 6.61 Å². The molecule has 0 aromatic heterocycles. The van der Waals surface area contributed by atoms with Crippen LogP contribution < -0.4 is 0 Å². The third-order valence-electron chi connectivity index (χ3n) is 3.66. The van der Waals surface area contributed by atoms with E-state index >= 15 is 0 Å². The largest absolute Gasteiger partial charge is 0.396 e. The minimum absolute atomic E-state index is 0.0250. The van der Waals surface area contributed by atoms with Crippen LogP contribution in [0.1, 0.15) is 16.7 Å². The van der Waals surface area contributed by atoms with E-state index in [2.05, 4.69) is 15.9 Å². The van der Waals surface area contributed by atoms with Gasteiger partial charge in [-0.15, -0.1) is 0 Å². The number of aliphatic hydroxyl groups excluding tert-OH is 1. The summed E-state index contributed by atoms with van der Waals surface area (Å²) in [6.45, 7) is 1.88. The van der Waals surface area contributed by atoms with Crippen molar-refractivity contribution < 1.29 is 13.9 Å². The van der Waals surface area contributed by atoms with Gasteiger partial charge in [0.05, 0.1) is 4.47 Å². The molecule has 0 amide bonds. The van der Waals surface area contributed by atoms with E-state index in [4.69, 9.17) is 0 Å². The molecule has 1 atom stereocenters. The van der Waals surface area contributed by atoms with Crippen LogP contribution in [0.3, 0.4) is 0 Å². The Kier molecular flexibility index (Phi) is 5.48. The van der Waals surface area contributed by atoms with E-state index in [9.17, 15) is 13.9 Å². The Balaban J connectivity index is 2.21. The number of aliphatic hydroxyl groups is 1. The Morgan fingerprint density at radius 1 is 1.10 bits per heavy atom. The van der Waals surface area contributed by atoms with Crippen LogP contribution in [-0.4, -0.2) is 11.7 Å². The van der Waals surface area contributed by atoms with Crippen LogP contribution in [0.4, 0.5) is 8.78 Å². The van der Waals surface area contributed by atoms with Crippen LogP contribution in [0.5, 0.6) is 0 Å². The van der Waals surface area contributed by atoms with Gasteiger partial charge >= 0.3 is 0 Å². The fraction of sp³-hybridized carbons (Fsp3) is 0.294. The first-order valence-corrected chi connectivity index (χ1v) is 7.60. The van der Waals surface area contributed by atoms with Crippen molar-refractivity contribution in [2.45, 2.75) is 19.8 Å². The topological polar surface area (TPSA) is 20.2 Å². The molecule has 1 nitrogen and oxygen atoms in total. The first-order chi connectivity index (χ1) is 10.0. The molecule has 0 saturated carbocycles. The second kappa shape index (κ2) is 7.14. The molecule has 0 bridgehead atoms. The van der Waals surface area contributed by atoms with E-state index in [-0.39, 0.29) is 29.0 Å². The Labute approximate surface area is 131 Å². The quantitative estimate of drug-likeness (QED) is 0.787. The minimum atomic E-state index is -0.585. The summed E-state index contributed by atoms with van der Waals surface area (Å²) in [6.07, 6.45) is 0.760. The molecule has 0 heterocycles. The van der Waals surface area contributed by atoms with Crippen LogP contribution in [0.15, 0.2) is 40.9 Å². The van der Waals surface area contributed by atoms with Gasteiger partial charge in [-0.05, 0) is 64.9 Å². The molecule has 112 valence electrons. The Bertz CT molecular complexity index is 628. The molecule has 4 heteroatoms. The van der Waals surface area contributed by atoms with Gasteiger partial charge in [-0.25, -0.2) is 8.78 Å². The van der Waals surface area contributed by atoms with Crippen molar-refractivity contribution in [2.24, 2.45) is 5.92 Å². The number of benzene rings is 2. The van der Waals surface area contributed by atoms with Crippen LogP contribution in [0.25, 0.3) is 0 Å². The molecule has 0 fully saturated rings. The van der Waals surface area contributed by atoms with E-state index < -0.39 is 11.6 Å². The van der Waals surface area contributed by atoms with Gasteiger partial charge in [-0.2, -0.15) is 0 Å². The Morgan fingerprint density at radius 2 is 1.81 bits per heavy atom. The normalized spacial score (nSPS) is 12.4. The van der Waals surface area contributed by atoms with Gasteiger partial charge in [-0.1, -0.05) is 24.3 Å². The molecule has 0 aliphatic rings. The SMILES string of the molecule is Cc1ccccc1CC(CO)Cc1c(F)ccc(Br)c1F. The fourth-order valence-electron chi connectivity index (χ4n) is 2.40. The highest BCUT2D eigenvalue weighted by atomic mass is 79.9. The molecule has 1 unspecified atom stereocenters. The maximum Gasteiger partial charge on any atom is 0.143 e. The van der Waals surface area contributed by atoms with Crippen molar-refractivity contribution in [3.05, 3.63) is 69.2 Å². The lowest BCUT2D eigenvalue weighted by atomic mass is 9.91. The van der Waals surface area contributed by atoms with Crippen LogP contribution in [0.2, 0.25) is 0 Å². The zero-order valence-electron chi connectivity index (χ0n) is 11.7. The lowest BCUT2D eigenvalue weighted by Gasteiger charge is -2.17. The Morgan fingerprint density at radius 3 is 2.48 bits per heavy atom. The van der Waals surface area contributed by atoms with Crippen LogP contribution >= 0.6 is 15.9 Å². The Hall–Kier alpha value is -1.26. The van der Waals surface area contributed by atoms with Crippen molar-refractivity contribution in [3.63, 3.8) is 0 Å².